The zero-order valence-electron chi connectivity index (χ0n) is 15.3. The SMILES string of the molecule is COCC(C)OC.COCCOC.COc1ccc(OC)nc1. The van der Waals surface area contributed by atoms with Crippen molar-refractivity contribution >= 4 is 0 Å². The standard InChI is InChI=1S/C7H9NO2.C5H12O2.C4H10O2/c1-9-6-3-4-7(10-2)8-5-6;1-5(7-3)4-6-2;1-5-3-4-6-2/h3-5H,1-2H3;5H,4H2,1-3H3;3-4H2,1-2H3. The summed E-state index contributed by atoms with van der Waals surface area (Å²) in [7, 11) is 9.82. The van der Waals surface area contributed by atoms with E-state index in [1.807, 2.05) is 6.92 Å². The lowest BCUT2D eigenvalue weighted by molar-refractivity contribution is 0.0401. The lowest BCUT2D eigenvalue weighted by Gasteiger charge is -2.05. The van der Waals surface area contributed by atoms with Crippen molar-refractivity contribution in [3.8, 4) is 11.6 Å². The van der Waals surface area contributed by atoms with Gasteiger partial charge in [-0.3, -0.25) is 0 Å². The van der Waals surface area contributed by atoms with Gasteiger partial charge in [0.15, 0.2) is 0 Å². The van der Waals surface area contributed by atoms with Crippen molar-refractivity contribution in [2.24, 2.45) is 0 Å². The summed E-state index contributed by atoms with van der Waals surface area (Å²) in [5.74, 6) is 1.33. The van der Waals surface area contributed by atoms with Gasteiger partial charge in [-0.1, -0.05) is 0 Å². The Morgan fingerprint density at radius 3 is 1.74 bits per heavy atom. The van der Waals surface area contributed by atoms with Gasteiger partial charge in [0, 0.05) is 34.5 Å². The second-order valence-electron chi connectivity index (χ2n) is 4.23. The van der Waals surface area contributed by atoms with Gasteiger partial charge in [-0.15, -0.1) is 0 Å². The Balaban J connectivity index is 0. The van der Waals surface area contributed by atoms with Crippen LogP contribution >= 0.6 is 0 Å². The van der Waals surface area contributed by atoms with Gasteiger partial charge >= 0.3 is 0 Å². The molecule has 0 aliphatic rings. The van der Waals surface area contributed by atoms with Crippen LogP contribution in [-0.2, 0) is 18.9 Å². The number of hydrogen-bond donors (Lipinski definition) is 0. The number of aromatic nitrogens is 1. The largest absolute Gasteiger partial charge is 0.495 e. The maximum Gasteiger partial charge on any atom is 0.213 e. The van der Waals surface area contributed by atoms with Gasteiger partial charge in [-0.25, -0.2) is 4.98 Å². The molecule has 1 aromatic heterocycles. The van der Waals surface area contributed by atoms with E-state index in [0.717, 1.165) is 5.75 Å². The van der Waals surface area contributed by atoms with Crippen LogP contribution in [0.25, 0.3) is 0 Å². The number of nitrogens with zero attached hydrogens (tertiary/aromatic N) is 1. The summed E-state index contributed by atoms with van der Waals surface area (Å²) in [6.07, 6.45) is 1.84. The highest BCUT2D eigenvalue weighted by atomic mass is 16.5. The van der Waals surface area contributed by atoms with E-state index in [-0.39, 0.29) is 6.10 Å². The predicted octanol–water partition coefficient (Wildman–Crippen LogP) is 2.05. The first-order valence-corrected chi connectivity index (χ1v) is 7.13. The van der Waals surface area contributed by atoms with Crippen LogP contribution in [0, 0.1) is 0 Å². The lowest BCUT2D eigenvalue weighted by Crippen LogP contribution is -2.11. The van der Waals surface area contributed by atoms with Gasteiger partial charge in [-0.2, -0.15) is 0 Å². The highest BCUT2D eigenvalue weighted by Crippen LogP contribution is 2.11. The van der Waals surface area contributed by atoms with Crippen LogP contribution in [0.5, 0.6) is 11.6 Å². The molecule has 0 fully saturated rings. The summed E-state index contributed by atoms with van der Waals surface area (Å²) < 4.78 is 28.7. The van der Waals surface area contributed by atoms with Crippen molar-refractivity contribution in [3.05, 3.63) is 18.3 Å². The summed E-state index contributed by atoms with van der Waals surface area (Å²) in [4.78, 5) is 3.92. The molecule has 0 saturated heterocycles. The van der Waals surface area contributed by atoms with Crippen molar-refractivity contribution in [3.63, 3.8) is 0 Å². The molecule has 1 atom stereocenters. The number of ether oxygens (including phenoxy) is 6. The third kappa shape index (κ3) is 16.8. The van der Waals surface area contributed by atoms with E-state index < -0.39 is 0 Å². The molecule has 0 saturated carbocycles. The van der Waals surface area contributed by atoms with Gasteiger partial charge in [-0.05, 0) is 13.0 Å². The molecule has 23 heavy (non-hydrogen) atoms. The monoisotopic (exact) mass is 333 g/mol. The van der Waals surface area contributed by atoms with E-state index >= 15 is 0 Å². The molecule has 0 bridgehead atoms. The topological polar surface area (TPSA) is 68.3 Å². The first-order valence-electron chi connectivity index (χ1n) is 7.13. The van der Waals surface area contributed by atoms with Crippen molar-refractivity contribution in [2.75, 3.05) is 62.5 Å². The van der Waals surface area contributed by atoms with Crippen LogP contribution < -0.4 is 9.47 Å². The summed E-state index contributed by atoms with van der Waals surface area (Å²) in [6.45, 7) is 4.02. The molecule has 1 unspecified atom stereocenters. The van der Waals surface area contributed by atoms with Crippen LogP contribution in [0.1, 0.15) is 6.92 Å². The van der Waals surface area contributed by atoms with Crippen LogP contribution in [0.4, 0.5) is 0 Å². The zero-order valence-corrected chi connectivity index (χ0v) is 15.3. The van der Waals surface area contributed by atoms with Gasteiger partial charge in [0.05, 0.1) is 46.3 Å². The Morgan fingerprint density at radius 1 is 0.870 bits per heavy atom. The van der Waals surface area contributed by atoms with Crippen LogP contribution in [0.15, 0.2) is 18.3 Å². The highest BCUT2D eigenvalue weighted by Gasteiger charge is 1.93. The molecule has 1 aromatic rings. The fraction of sp³-hybridized carbons (Fsp3) is 0.688. The van der Waals surface area contributed by atoms with Gasteiger partial charge in [0.25, 0.3) is 0 Å². The van der Waals surface area contributed by atoms with E-state index in [4.69, 9.17) is 18.9 Å². The Hall–Kier alpha value is -1.41. The van der Waals surface area contributed by atoms with Crippen LogP contribution in [0.2, 0.25) is 0 Å². The van der Waals surface area contributed by atoms with E-state index in [0.29, 0.717) is 25.7 Å². The number of rotatable bonds is 8. The summed E-state index contributed by atoms with van der Waals surface area (Å²) in [6, 6.07) is 3.55. The third-order valence-electron chi connectivity index (χ3n) is 2.45. The normalized spacial score (nSPS) is 10.6. The van der Waals surface area contributed by atoms with Gasteiger partial charge in [0.2, 0.25) is 5.88 Å². The molecule has 0 aromatic carbocycles. The first kappa shape index (κ1) is 23.9. The van der Waals surface area contributed by atoms with E-state index in [2.05, 4.69) is 14.5 Å². The molecule has 136 valence electrons. The molecule has 0 radical (unpaired) electrons. The smallest absolute Gasteiger partial charge is 0.213 e. The minimum absolute atomic E-state index is 0.227. The van der Waals surface area contributed by atoms with Crippen LogP contribution in [0.3, 0.4) is 0 Å². The van der Waals surface area contributed by atoms with Crippen molar-refractivity contribution in [1.29, 1.82) is 0 Å². The molecule has 1 heterocycles. The zero-order chi connectivity index (χ0) is 17.9. The van der Waals surface area contributed by atoms with Gasteiger partial charge in [0.1, 0.15) is 5.75 Å². The fourth-order valence-corrected chi connectivity index (χ4v) is 1.08. The Morgan fingerprint density at radius 2 is 1.48 bits per heavy atom. The number of methoxy groups -OCH3 is 6. The fourth-order valence-electron chi connectivity index (χ4n) is 1.08. The van der Waals surface area contributed by atoms with E-state index in [1.165, 1.54) is 0 Å². The molecular formula is C16H31NO6. The quantitative estimate of drug-likeness (QED) is 0.674. The molecule has 0 aliphatic carbocycles. The second-order valence-corrected chi connectivity index (χ2v) is 4.23. The summed E-state index contributed by atoms with van der Waals surface area (Å²) in [5.41, 5.74) is 0. The molecular weight excluding hydrogens is 302 g/mol. The molecule has 7 heteroatoms. The Labute approximate surface area is 139 Å². The molecule has 0 amide bonds. The maximum absolute atomic E-state index is 4.90. The number of hydrogen-bond acceptors (Lipinski definition) is 7. The van der Waals surface area contributed by atoms with Crippen molar-refractivity contribution < 1.29 is 28.4 Å². The van der Waals surface area contributed by atoms with E-state index in [1.54, 1.807) is 61.0 Å². The van der Waals surface area contributed by atoms with E-state index in [9.17, 15) is 0 Å². The summed E-state index contributed by atoms with van der Waals surface area (Å²) >= 11 is 0. The molecule has 0 aliphatic heterocycles. The van der Waals surface area contributed by atoms with Crippen molar-refractivity contribution in [2.45, 2.75) is 13.0 Å². The second kappa shape index (κ2) is 18.6. The third-order valence-corrected chi connectivity index (χ3v) is 2.45. The molecule has 7 nitrogen and oxygen atoms in total. The molecule has 0 N–H and O–H groups in total. The minimum Gasteiger partial charge on any atom is -0.495 e. The lowest BCUT2D eigenvalue weighted by atomic mass is 10.4. The van der Waals surface area contributed by atoms with Crippen LogP contribution in [-0.4, -0.2) is 73.6 Å². The Bertz CT molecular complexity index is 307. The summed E-state index contributed by atoms with van der Waals surface area (Å²) in [5, 5.41) is 0. The average Bonchev–Trinajstić information content (AvgIpc) is 2.61. The Kier molecular flexibility index (Phi) is 19.3. The molecule has 1 rings (SSSR count). The first-order chi connectivity index (χ1) is 11.1. The molecule has 0 spiro atoms. The predicted molar refractivity (Wildman–Crippen MR) is 89.4 cm³/mol. The van der Waals surface area contributed by atoms with Crippen molar-refractivity contribution in [1.82, 2.24) is 4.98 Å². The van der Waals surface area contributed by atoms with Gasteiger partial charge < -0.3 is 28.4 Å². The number of pyridine rings is 1. The maximum atomic E-state index is 4.90. The minimum atomic E-state index is 0.227. The highest BCUT2D eigenvalue weighted by molar-refractivity contribution is 5.22. The average molecular weight is 333 g/mol.